The molecule has 5 rings (SSSR count). The first-order valence-corrected chi connectivity index (χ1v) is 11.3. The molecule has 0 saturated carbocycles. The molecule has 2 amide bonds. The van der Waals surface area contributed by atoms with E-state index in [1.807, 2.05) is 30.3 Å². The number of carbonyl (C=O) groups is 2. The van der Waals surface area contributed by atoms with Crippen LogP contribution in [0.1, 0.15) is 38.7 Å². The van der Waals surface area contributed by atoms with Crippen molar-refractivity contribution in [3.8, 4) is 5.69 Å². The van der Waals surface area contributed by atoms with E-state index in [9.17, 15) is 27.2 Å². The molecule has 2 heterocycles. The van der Waals surface area contributed by atoms with Crippen molar-refractivity contribution in [3.63, 3.8) is 0 Å². The van der Waals surface area contributed by atoms with Crippen molar-refractivity contribution in [1.29, 1.82) is 0 Å². The van der Waals surface area contributed by atoms with E-state index in [1.165, 1.54) is 30.3 Å². The summed E-state index contributed by atoms with van der Waals surface area (Å²) in [6.07, 6.45) is -4.63. The number of hydrogen-bond donors (Lipinski definition) is 2. The maximum Gasteiger partial charge on any atom is 0.416 e. The van der Waals surface area contributed by atoms with E-state index in [-0.39, 0.29) is 5.56 Å². The second kappa shape index (κ2) is 9.20. The van der Waals surface area contributed by atoms with Crippen LogP contribution in [-0.4, -0.2) is 27.6 Å². The fourth-order valence-electron chi connectivity index (χ4n) is 4.54. The number of nitrogens with one attached hydrogen (secondary N) is 2. The number of para-hydroxylation sites is 1. The molecule has 0 saturated heterocycles. The lowest BCUT2D eigenvalue weighted by Gasteiger charge is -2.33. The molecule has 0 radical (unpaired) electrons. The van der Waals surface area contributed by atoms with Crippen molar-refractivity contribution < 1.29 is 27.2 Å². The van der Waals surface area contributed by atoms with Crippen molar-refractivity contribution in [1.82, 2.24) is 15.1 Å². The van der Waals surface area contributed by atoms with Crippen LogP contribution in [0, 0.1) is 12.7 Å². The van der Waals surface area contributed by atoms with Crippen LogP contribution < -0.4 is 10.6 Å². The molecule has 3 aromatic carbocycles. The van der Waals surface area contributed by atoms with Gasteiger partial charge in [0.25, 0.3) is 5.91 Å². The number of carbonyl (C=O) groups excluding carboxylic acids is 2. The standard InChI is InChI=1S/C27H20F4N4O2/c1-15-21-22(16-10-12-19(28)13-11-16)23(32-25(36)17-6-5-7-18(14-17)27(29,30)31)26(37)33-24(21)35(34-15)20-8-3-2-4-9-20/h2-14,22-23H,1H3,(H,32,36)(H,33,37)/t22-,23-/m0/s1. The highest BCUT2D eigenvalue weighted by Crippen LogP contribution is 2.40. The Labute approximate surface area is 208 Å². The normalized spacial score (nSPS) is 17.2. The Bertz CT molecular complexity index is 1480. The number of aryl methyl sites for hydroxylation is 1. The van der Waals surface area contributed by atoms with E-state index in [4.69, 9.17) is 0 Å². The summed E-state index contributed by atoms with van der Waals surface area (Å²) in [6, 6.07) is 17.3. The van der Waals surface area contributed by atoms with Gasteiger partial charge in [-0.1, -0.05) is 36.4 Å². The molecule has 0 unspecified atom stereocenters. The SMILES string of the molecule is Cc1nn(-c2ccccc2)c2c1[C@H](c1ccc(F)cc1)[C@H](NC(=O)c1cccc(C(F)(F)F)c1)C(=O)N2. The summed E-state index contributed by atoms with van der Waals surface area (Å²) >= 11 is 0. The second-order valence-corrected chi connectivity index (χ2v) is 8.64. The molecule has 2 atom stereocenters. The first-order valence-electron chi connectivity index (χ1n) is 11.3. The Balaban J connectivity index is 1.59. The van der Waals surface area contributed by atoms with Gasteiger partial charge in [0.2, 0.25) is 5.91 Å². The predicted molar refractivity (Wildman–Crippen MR) is 128 cm³/mol. The topological polar surface area (TPSA) is 76.0 Å². The lowest BCUT2D eigenvalue weighted by atomic mass is 9.82. The highest BCUT2D eigenvalue weighted by molar-refractivity contribution is 6.04. The molecule has 6 nitrogen and oxygen atoms in total. The maximum absolute atomic E-state index is 13.7. The number of halogens is 4. The zero-order valence-electron chi connectivity index (χ0n) is 19.4. The Morgan fingerprint density at radius 3 is 2.38 bits per heavy atom. The van der Waals surface area contributed by atoms with E-state index in [1.54, 1.807) is 11.6 Å². The van der Waals surface area contributed by atoms with Crippen LogP contribution in [0.3, 0.4) is 0 Å². The van der Waals surface area contributed by atoms with Crippen LogP contribution in [0.25, 0.3) is 5.69 Å². The van der Waals surface area contributed by atoms with Crippen molar-refractivity contribution in [2.24, 2.45) is 0 Å². The van der Waals surface area contributed by atoms with Gasteiger partial charge in [0, 0.05) is 17.0 Å². The van der Waals surface area contributed by atoms with E-state index < -0.39 is 41.3 Å². The average molecular weight is 508 g/mol. The third-order valence-corrected chi connectivity index (χ3v) is 6.24. The molecule has 10 heteroatoms. The summed E-state index contributed by atoms with van der Waals surface area (Å²) in [5.74, 6) is -2.30. The predicted octanol–water partition coefficient (Wildman–Crippen LogP) is 5.22. The van der Waals surface area contributed by atoms with E-state index in [0.717, 1.165) is 18.2 Å². The van der Waals surface area contributed by atoms with Crippen LogP contribution in [0.2, 0.25) is 0 Å². The van der Waals surface area contributed by atoms with E-state index in [0.29, 0.717) is 28.3 Å². The molecular weight excluding hydrogens is 488 g/mol. The zero-order valence-corrected chi connectivity index (χ0v) is 19.4. The number of aromatic nitrogens is 2. The van der Waals surface area contributed by atoms with E-state index in [2.05, 4.69) is 15.7 Å². The lowest BCUT2D eigenvalue weighted by Crippen LogP contribution is -2.50. The van der Waals surface area contributed by atoms with Gasteiger partial charge in [-0.2, -0.15) is 18.3 Å². The molecule has 1 aromatic heterocycles. The molecule has 1 aliphatic heterocycles. The third kappa shape index (κ3) is 4.57. The summed E-state index contributed by atoms with van der Waals surface area (Å²) in [4.78, 5) is 26.4. The smallest absolute Gasteiger partial charge is 0.339 e. The van der Waals surface area contributed by atoms with Crippen molar-refractivity contribution in [3.05, 3.63) is 113 Å². The fourth-order valence-corrected chi connectivity index (χ4v) is 4.54. The lowest BCUT2D eigenvalue weighted by molar-refractivity contribution is -0.137. The van der Waals surface area contributed by atoms with Crippen LogP contribution in [0.4, 0.5) is 23.4 Å². The van der Waals surface area contributed by atoms with Crippen LogP contribution in [0.15, 0.2) is 78.9 Å². The number of alkyl halides is 3. The van der Waals surface area contributed by atoms with Gasteiger partial charge in [0.15, 0.2) is 0 Å². The highest BCUT2D eigenvalue weighted by atomic mass is 19.4. The molecular formula is C27H20F4N4O2. The van der Waals surface area contributed by atoms with Crippen LogP contribution in [-0.2, 0) is 11.0 Å². The summed E-state index contributed by atoms with van der Waals surface area (Å²) < 4.78 is 54.9. The quantitative estimate of drug-likeness (QED) is 0.371. The number of benzene rings is 3. The minimum atomic E-state index is -4.63. The van der Waals surface area contributed by atoms with Gasteiger partial charge in [-0.15, -0.1) is 0 Å². The second-order valence-electron chi connectivity index (χ2n) is 8.64. The first-order chi connectivity index (χ1) is 17.6. The summed E-state index contributed by atoms with van der Waals surface area (Å²) in [5.41, 5.74) is 1.16. The number of rotatable bonds is 4. The molecule has 4 aromatic rings. The number of amides is 2. The molecule has 2 N–H and O–H groups in total. The largest absolute Gasteiger partial charge is 0.416 e. The van der Waals surface area contributed by atoms with Crippen molar-refractivity contribution in [2.75, 3.05) is 5.32 Å². The van der Waals surface area contributed by atoms with Gasteiger partial charge in [-0.05, 0) is 55.0 Å². The molecule has 1 aliphatic rings. The molecule has 0 bridgehead atoms. The zero-order chi connectivity index (χ0) is 26.3. The first kappa shape index (κ1) is 24.2. The Kier molecular flexibility index (Phi) is 6.02. The van der Waals surface area contributed by atoms with Crippen LogP contribution in [0.5, 0.6) is 0 Å². The third-order valence-electron chi connectivity index (χ3n) is 6.24. The number of nitrogens with zero attached hydrogens (tertiary/aromatic N) is 2. The number of hydrogen-bond acceptors (Lipinski definition) is 3. The van der Waals surface area contributed by atoms with Gasteiger partial charge < -0.3 is 10.6 Å². The van der Waals surface area contributed by atoms with Gasteiger partial charge in [-0.3, -0.25) is 9.59 Å². The van der Waals surface area contributed by atoms with Gasteiger partial charge in [0.1, 0.15) is 17.7 Å². The Morgan fingerprint density at radius 1 is 1.00 bits per heavy atom. The minimum absolute atomic E-state index is 0.247. The Hall–Kier alpha value is -4.47. The molecule has 0 fully saturated rings. The number of fused-ring (bicyclic) bond motifs is 1. The fraction of sp³-hybridized carbons (Fsp3) is 0.148. The van der Waals surface area contributed by atoms with Gasteiger partial charge >= 0.3 is 6.18 Å². The number of anilines is 1. The van der Waals surface area contributed by atoms with Gasteiger partial charge in [-0.25, -0.2) is 9.07 Å². The monoisotopic (exact) mass is 508 g/mol. The summed E-state index contributed by atoms with van der Waals surface area (Å²) in [5, 5.41) is 9.98. The maximum atomic E-state index is 13.7. The average Bonchev–Trinajstić information content (AvgIpc) is 3.20. The molecule has 0 aliphatic carbocycles. The molecule has 188 valence electrons. The van der Waals surface area contributed by atoms with Gasteiger partial charge in [0.05, 0.1) is 16.9 Å². The van der Waals surface area contributed by atoms with Crippen molar-refractivity contribution >= 4 is 17.6 Å². The summed E-state index contributed by atoms with van der Waals surface area (Å²) in [7, 11) is 0. The minimum Gasteiger partial charge on any atom is -0.339 e. The molecule has 37 heavy (non-hydrogen) atoms. The van der Waals surface area contributed by atoms with Crippen molar-refractivity contribution in [2.45, 2.75) is 25.1 Å². The molecule has 0 spiro atoms. The van der Waals surface area contributed by atoms with E-state index >= 15 is 0 Å². The highest BCUT2D eigenvalue weighted by Gasteiger charge is 2.42. The summed E-state index contributed by atoms with van der Waals surface area (Å²) in [6.45, 7) is 1.75. The Morgan fingerprint density at radius 2 is 1.70 bits per heavy atom. The van der Waals surface area contributed by atoms with Crippen LogP contribution >= 0.6 is 0 Å².